The minimum atomic E-state index is 0.356. The first-order valence-electron chi connectivity index (χ1n) is 6.96. The molecule has 1 heterocycles. The molecule has 1 saturated heterocycles. The molecule has 19 heavy (non-hydrogen) atoms. The van der Waals surface area contributed by atoms with E-state index in [0.29, 0.717) is 18.6 Å². The molecule has 4 nitrogen and oxygen atoms in total. The lowest BCUT2D eigenvalue weighted by Crippen LogP contribution is -2.48. The molecule has 1 aromatic rings. The molecule has 0 saturated carbocycles. The minimum Gasteiger partial charge on any atom is -0.497 e. The van der Waals surface area contributed by atoms with Crippen LogP contribution in [0.3, 0.4) is 0 Å². The van der Waals surface area contributed by atoms with Crippen LogP contribution in [0.1, 0.15) is 13.3 Å². The Bertz CT molecular complexity index is 410. The normalized spacial score (nSPS) is 25.2. The molecule has 0 amide bonds. The van der Waals surface area contributed by atoms with Gasteiger partial charge in [0.15, 0.2) is 0 Å². The van der Waals surface area contributed by atoms with E-state index in [0.717, 1.165) is 25.3 Å². The molecule has 0 bridgehead atoms. The summed E-state index contributed by atoms with van der Waals surface area (Å²) in [5.74, 6) is 0.901. The molecular formula is C15H25N3O. The van der Waals surface area contributed by atoms with Crippen LogP contribution >= 0.6 is 0 Å². The number of rotatable bonds is 3. The molecule has 1 aliphatic heterocycles. The van der Waals surface area contributed by atoms with E-state index in [2.05, 4.69) is 35.9 Å². The van der Waals surface area contributed by atoms with Crippen molar-refractivity contribution in [1.29, 1.82) is 0 Å². The monoisotopic (exact) mass is 263 g/mol. The fourth-order valence-electron chi connectivity index (χ4n) is 2.87. The van der Waals surface area contributed by atoms with Gasteiger partial charge in [0.2, 0.25) is 0 Å². The van der Waals surface area contributed by atoms with Crippen molar-refractivity contribution in [2.75, 3.05) is 38.7 Å². The molecule has 1 aliphatic rings. The van der Waals surface area contributed by atoms with Crippen LogP contribution in [0.4, 0.5) is 5.69 Å². The van der Waals surface area contributed by atoms with Gasteiger partial charge in [0.05, 0.1) is 13.2 Å². The quantitative estimate of drug-likeness (QED) is 0.898. The zero-order valence-corrected chi connectivity index (χ0v) is 12.2. The summed E-state index contributed by atoms with van der Waals surface area (Å²) in [6.45, 7) is 5.09. The van der Waals surface area contributed by atoms with Gasteiger partial charge in [-0.25, -0.2) is 0 Å². The fourth-order valence-corrected chi connectivity index (χ4v) is 2.87. The summed E-state index contributed by atoms with van der Waals surface area (Å²) in [5, 5.41) is 0. The number of benzene rings is 1. The Morgan fingerprint density at radius 3 is 2.89 bits per heavy atom. The molecule has 0 radical (unpaired) electrons. The highest BCUT2D eigenvalue weighted by Crippen LogP contribution is 2.27. The van der Waals surface area contributed by atoms with Crippen LogP contribution < -0.4 is 15.4 Å². The first-order chi connectivity index (χ1) is 9.15. The number of methoxy groups -OCH3 is 1. The maximum Gasteiger partial charge on any atom is 0.120 e. The van der Waals surface area contributed by atoms with Crippen molar-refractivity contribution >= 4 is 5.69 Å². The zero-order chi connectivity index (χ0) is 13.8. The number of ether oxygens (including phenoxy) is 1. The highest BCUT2D eigenvalue weighted by molar-refractivity contribution is 5.52. The Morgan fingerprint density at radius 1 is 1.42 bits per heavy atom. The summed E-state index contributed by atoms with van der Waals surface area (Å²) < 4.78 is 5.33. The molecule has 1 fully saturated rings. The number of hydrogen-bond acceptors (Lipinski definition) is 4. The average Bonchev–Trinajstić information content (AvgIpc) is 2.58. The van der Waals surface area contributed by atoms with Gasteiger partial charge >= 0.3 is 0 Å². The Morgan fingerprint density at radius 2 is 2.21 bits per heavy atom. The predicted molar refractivity (Wildman–Crippen MR) is 79.9 cm³/mol. The molecule has 0 spiro atoms. The third kappa shape index (κ3) is 3.19. The number of anilines is 1. The van der Waals surface area contributed by atoms with E-state index in [1.807, 2.05) is 12.1 Å². The lowest BCUT2D eigenvalue weighted by molar-refractivity contribution is 0.332. The largest absolute Gasteiger partial charge is 0.497 e. The van der Waals surface area contributed by atoms with E-state index in [1.165, 1.54) is 5.69 Å². The first kappa shape index (κ1) is 14.2. The van der Waals surface area contributed by atoms with Crippen LogP contribution in [-0.2, 0) is 0 Å². The zero-order valence-electron chi connectivity index (χ0n) is 12.2. The lowest BCUT2D eigenvalue weighted by Gasteiger charge is -2.36. The third-order valence-electron chi connectivity index (χ3n) is 3.94. The topological polar surface area (TPSA) is 41.7 Å². The second-order valence-electron chi connectivity index (χ2n) is 5.40. The Hall–Kier alpha value is -1.26. The van der Waals surface area contributed by atoms with Crippen molar-refractivity contribution in [3.05, 3.63) is 24.3 Å². The summed E-state index contributed by atoms with van der Waals surface area (Å²) in [4.78, 5) is 4.82. The van der Waals surface area contributed by atoms with Crippen LogP contribution in [-0.4, -0.2) is 50.8 Å². The summed E-state index contributed by atoms with van der Waals surface area (Å²) in [6.07, 6.45) is 1.16. The summed E-state index contributed by atoms with van der Waals surface area (Å²) in [5.41, 5.74) is 7.20. The van der Waals surface area contributed by atoms with Crippen molar-refractivity contribution in [3.8, 4) is 5.75 Å². The molecular weight excluding hydrogens is 238 g/mol. The number of nitrogens with two attached hydrogens (primary N) is 1. The van der Waals surface area contributed by atoms with Gasteiger partial charge in [-0.1, -0.05) is 6.07 Å². The molecule has 2 atom stereocenters. The van der Waals surface area contributed by atoms with Crippen LogP contribution in [0, 0.1) is 0 Å². The molecule has 0 aliphatic carbocycles. The maximum atomic E-state index is 6.00. The van der Waals surface area contributed by atoms with E-state index < -0.39 is 0 Å². The average molecular weight is 263 g/mol. The SMILES string of the molecule is COc1cccc(N2C(C)CCN(C)CC2CN)c1. The molecule has 4 heteroatoms. The standard InChI is InChI=1S/C15H25N3O/c1-12-7-8-17(2)11-14(10-16)18(12)13-5-4-6-15(9-13)19-3/h4-6,9,12,14H,7-8,10-11,16H2,1-3H3. The molecule has 1 aromatic carbocycles. The van der Waals surface area contributed by atoms with Crippen LogP contribution in [0.15, 0.2) is 24.3 Å². The van der Waals surface area contributed by atoms with Crippen molar-refractivity contribution in [2.45, 2.75) is 25.4 Å². The fraction of sp³-hybridized carbons (Fsp3) is 0.600. The van der Waals surface area contributed by atoms with Crippen LogP contribution in [0.25, 0.3) is 0 Å². The van der Waals surface area contributed by atoms with Gasteiger partial charge in [-0.05, 0) is 39.1 Å². The smallest absolute Gasteiger partial charge is 0.120 e. The predicted octanol–water partition coefficient (Wildman–Crippen LogP) is 1.55. The Balaban J connectivity index is 2.31. The van der Waals surface area contributed by atoms with Crippen LogP contribution in [0.5, 0.6) is 5.75 Å². The van der Waals surface area contributed by atoms with Gasteiger partial charge in [-0.15, -0.1) is 0 Å². The van der Waals surface area contributed by atoms with E-state index in [-0.39, 0.29) is 0 Å². The molecule has 2 rings (SSSR count). The van der Waals surface area contributed by atoms with E-state index in [1.54, 1.807) is 7.11 Å². The molecule has 0 aromatic heterocycles. The van der Waals surface area contributed by atoms with Gasteiger partial charge in [0.25, 0.3) is 0 Å². The van der Waals surface area contributed by atoms with Crippen molar-refractivity contribution < 1.29 is 4.74 Å². The molecule has 2 unspecified atom stereocenters. The Kier molecular flexibility index (Phi) is 4.66. The second kappa shape index (κ2) is 6.26. The number of hydrogen-bond donors (Lipinski definition) is 1. The van der Waals surface area contributed by atoms with Crippen molar-refractivity contribution in [1.82, 2.24) is 4.90 Å². The molecule has 106 valence electrons. The second-order valence-corrected chi connectivity index (χ2v) is 5.40. The van der Waals surface area contributed by atoms with E-state index >= 15 is 0 Å². The highest BCUT2D eigenvalue weighted by Gasteiger charge is 2.27. The minimum absolute atomic E-state index is 0.356. The van der Waals surface area contributed by atoms with Gasteiger partial charge in [-0.3, -0.25) is 0 Å². The maximum absolute atomic E-state index is 6.00. The summed E-state index contributed by atoms with van der Waals surface area (Å²) in [7, 11) is 3.88. The summed E-state index contributed by atoms with van der Waals surface area (Å²) >= 11 is 0. The number of likely N-dealkylation sites (N-methyl/N-ethyl adjacent to an activating group) is 1. The number of nitrogens with zero attached hydrogens (tertiary/aromatic N) is 2. The van der Waals surface area contributed by atoms with E-state index in [4.69, 9.17) is 10.5 Å². The first-order valence-corrected chi connectivity index (χ1v) is 6.96. The summed E-state index contributed by atoms with van der Waals surface area (Å²) in [6, 6.07) is 9.12. The third-order valence-corrected chi connectivity index (χ3v) is 3.94. The van der Waals surface area contributed by atoms with Gasteiger partial charge in [-0.2, -0.15) is 0 Å². The van der Waals surface area contributed by atoms with Crippen LogP contribution in [0.2, 0.25) is 0 Å². The lowest BCUT2D eigenvalue weighted by atomic mass is 10.1. The van der Waals surface area contributed by atoms with Crippen molar-refractivity contribution in [2.24, 2.45) is 5.73 Å². The Labute approximate surface area is 116 Å². The van der Waals surface area contributed by atoms with Gasteiger partial charge < -0.3 is 20.3 Å². The van der Waals surface area contributed by atoms with Gasteiger partial charge in [0.1, 0.15) is 5.75 Å². The highest BCUT2D eigenvalue weighted by atomic mass is 16.5. The molecule has 2 N–H and O–H groups in total. The van der Waals surface area contributed by atoms with Gasteiger partial charge in [0, 0.05) is 30.9 Å². The van der Waals surface area contributed by atoms with Crippen molar-refractivity contribution in [3.63, 3.8) is 0 Å². The van der Waals surface area contributed by atoms with E-state index in [9.17, 15) is 0 Å².